The molecule has 0 saturated carbocycles. The van der Waals surface area contributed by atoms with Gasteiger partial charge in [-0.3, -0.25) is 9.59 Å². The zero-order chi connectivity index (χ0) is 21.2. The summed E-state index contributed by atoms with van der Waals surface area (Å²) in [4.78, 5) is 26.6. The van der Waals surface area contributed by atoms with Gasteiger partial charge in [-0.1, -0.05) is 6.07 Å². The van der Waals surface area contributed by atoms with Crippen LogP contribution in [0.1, 0.15) is 29.6 Å². The van der Waals surface area contributed by atoms with E-state index in [9.17, 15) is 18.0 Å². The van der Waals surface area contributed by atoms with Gasteiger partial charge in [0.15, 0.2) is 0 Å². The highest BCUT2D eigenvalue weighted by Gasteiger charge is 2.23. The lowest BCUT2D eigenvalue weighted by molar-refractivity contribution is -0.119. The van der Waals surface area contributed by atoms with Crippen LogP contribution in [0.3, 0.4) is 0 Å². The van der Waals surface area contributed by atoms with E-state index in [4.69, 9.17) is 0 Å². The van der Waals surface area contributed by atoms with Crippen LogP contribution in [0.25, 0.3) is 0 Å². The van der Waals surface area contributed by atoms with E-state index >= 15 is 0 Å². The molecule has 1 saturated heterocycles. The molecule has 9 heteroatoms. The molecular weight excluding hydrogens is 458 g/mol. The minimum absolute atomic E-state index is 0.0165. The fourth-order valence-electron chi connectivity index (χ4n) is 3.07. The van der Waals surface area contributed by atoms with Gasteiger partial charge in [0.2, 0.25) is 15.9 Å². The lowest BCUT2D eigenvalue weighted by Crippen LogP contribution is -2.35. The Balaban J connectivity index is 1.84. The number of rotatable bonds is 5. The number of sulfonamides is 1. The van der Waals surface area contributed by atoms with Crippen molar-refractivity contribution in [3.05, 3.63) is 52.5 Å². The average Bonchev–Trinajstić information content (AvgIpc) is 2.68. The van der Waals surface area contributed by atoms with Crippen molar-refractivity contribution < 1.29 is 18.0 Å². The van der Waals surface area contributed by atoms with Crippen molar-refractivity contribution >= 4 is 49.1 Å². The van der Waals surface area contributed by atoms with Crippen molar-refractivity contribution in [2.75, 3.05) is 30.9 Å². The molecule has 2 aromatic carbocycles. The molecule has 0 aliphatic carbocycles. The summed E-state index contributed by atoms with van der Waals surface area (Å²) in [5, 5.41) is 2.78. The van der Waals surface area contributed by atoms with Crippen LogP contribution in [0.2, 0.25) is 0 Å². The average molecular weight is 480 g/mol. The van der Waals surface area contributed by atoms with Crippen molar-refractivity contribution in [2.24, 2.45) is 0 Å². The van der Waals surface area contributed by atoms with Crippen molar-refractivity contribution in [1.29, 1.82) is 0 Å². The molecule has 154 valence electrons. The van der Waals surface area contributed by atoms with Gasteiger partial charge in [-0.25, -0.2) is 12.7 Å². The summed E-state index contributed by atoms with van der Waals surface area (Å²) in [6.45, 7) is 0.661. The summed E-state index contributed by atoms with van der Waals surface area (Å²) < 4.78 is 26.4. The second-order valence-corrected chi connectivity index (χ2v) is 9.91. The normalized spacial score (nSPS) is 14.9. The second-order valence-electron chi connectivity index (χ2n) is 6.94. The van der Waals surface area contributed by atoms with Gasteiger partial charge in [-0.2, -0.15) is 0 Å². The smallest absolute Gasteiger partial charge is 0.255 e. The number of hydrogen-bond acceptors (Lipinski definition) is 4. The van der Waals surface area contributed by atoms with Gasteiger partial charge < -0.3 is 10.2 Å². The molecule has 3 rings (SSSR count). The first-order valence-electron chi connectivity index (χ1n) is 9.14. The third-order valence-electron chi connectivity index (χ3n) is 4.69. The number of carbonyl (C=O) groups excluding carboxylic acids is 2. The Labute approximate surface area is 178 Å². The first-order chi connectivity index (χ1) is 13.7. The first kappa shape index (κ1) is 21.5. The van der Waals surface area contributed by atoms with Crippen LogP contribution in [0, 0.1) is 0 Å². The molecule has 0 atom stereocenters. The number of amides is 2. The van der Waals surface area contributed by atoms with Crippen LogP contribution < -0.4 is 10.2 Å². The number of nitrogens with zero attached hydrogens (tertiary/aromatic N) is 2. The Hall–Kier alpha value is -2.23. The Bertz CT molecular complexity index is 1050. The summed E-state index contributed by atoms with van der Waals surface area (Å²) in [6.07, 6.45) is 2.37. The summed E-state index contributed by atoms with van der Waals surface area (Å²) in [5.74, 6) is -0.360. The summed E-state index contributed by atoms with van der Waals surface area (Å²) in [6, 6.07) is 11.5. The van der Waals surface area contributed by atoms with Gasteiger partial charge >= 0.3 is 0 Å². The van der Waals surface area contributed by atoms with E-state index in [0.717, 1.165) is 22.8 Å². The molecule has 1 heterocycles. The quantitative estimate of drug-likeness (QED) is 0.710. The van der Waals surface area contributed by atoms with Gasteiger partial charge in [-0.15, -0.1) is 0 Å². The van der Waals surface area contributed by atoms with Gasteiger partial charge in [0, 0.05) is 48.5 Å². The number of benzene rings is 2. The molecule has 0 unspecified atom stereocenters. The molecule has 7 nitrogen and oxygen atoms in total. The summed E-state index contributed by atoms with van der Waals surface area (Å²) >= 11 is 3.23. The standard InChI is InChI=1S/C20H22BrN3O4S/c1-23(2)29(27,28)18-12-14(9-10-17(18)21)20(26)22-15-6-5-7-16(13-15)24-11-4-3-8-19(24)25/h5-7,9-10,12-13H,3-4,8,11H2,1-2H3,(H,22,26). The Kier molecular flexibility index (Phi) is 6.40. The highest BCUT2D eigenvalue weighted by molar-refractivity contribution is 9.10. The van der Waals surface area contributed by atoms with Gasteiger partial charge in [0.05, 0.1) is 4.90 Å². The maximum atomic E-state index is 12.7. The predicted octanol–water partition coefficient (Wildman–Crippen LogP) is 3.47. The molecule has 0 spiro atoms. The Morgan fingerprint density at radius 3 is 2.59 bits per heavy atom. The highest BCUT2D eigenvalue weighted by Crippen LogP contribution is 2.27. The lowest BCUT2D eigenvalue weighted by Gasteiger charge is -2.27. The van der Waals surface area contributed by atoms with Crippen molar-refractivity contribution in [1.82, 2.24) is 4.31 Å². The molecule has 1 fully saturated rings. The van der Waals surface area contributed by atoms with Crippen LogP contribution in [0.4, 0.5) is 11.4 Å². The van der Waals surface area contributed by atoms with Crippen molar-refractivity contribution in [3.8, 4) is 0 Å². The van der Waals surface area contributed by atoms with E-state index in [0.29, 0.717) is 23.1 Å². The summed E-state index contributed by atoms with van der Waals surface area (Å²) in [7, 11) is -0.837. The lowest BCUT2D eigenvalue weighted by atomic mass is 10.1. The van der Waals surface area contributed by atoms with Crippen LogP contribution in [-0.2, 0) is 14.8 Å². The Morgan fingerprint density at radius 2 is 1.90 bits per heavy atom. The third-order valence-corrected chi connectivity index (χ3v) is 7.50. The first-order valence-corrected chi connectivity index (χ1v) is 11.4. The topological polar surface area (TPSA) is 86.8 Å². The predicted molar refractivity (Wildman–Crippen MR) is 116 cm³/mol. The van der Waals surface area contributed by atoms with Crippen LogP contribution in [-0.4, -0.2) is 45.2 Å². The fourth-order valence-corrected chi connectivity index (χ4v) is 4.92. The number of halogens is 1. The van der Waals surface area contributed by atoms with E-state index in [1.54, 1.807) is 29.2 Å². The molecule has 0 aromatic heterocycles. The van der Waals surface area contributed by atoms with Crippen LogP contribution >= 0.6 is 15.9 Å². The number of hydrogen-bond donors (Lipinski definition) is 1. The minimum Gasteiger partial charge on any atom is -0.322 e. The maximum absolute atomic E-state index is 12.7. The zero-order valence-corrected chi connectivity index (χ0v) is 18.6. The molecule has 29 heavy (non-hydrogen) atoms. The van der Waals surface area contributed by atoms with Gasteiger partial charge in [0.25, 0.3) is 5.91 Å². The van der Waals surface area contributed by atoms with E-state index < -0.39 is 15.9 Å². The van der Waals surface area contributed by atoms with Crippen LogP contribution in [0.15, 0.2) is 51.8 Å². The molecule has 0 bridgehead atoms. The number of anilines is 2. The molecule has 1 aliphatic rings. The largest absolute Gasteiger partial charge is 0.322 e. The van der Waals surface area contributed by atoms with Crippen LogP contribution in [0.5, 0.6) is 0 Å². The van der Waals surface area contributed by atoms with E-state index in [1.165, 1.54) is 26.2 Å². The molecule has 2 aromatic rings. The fraction of sp³-hybridized carbons (Fsp3) is 0.300. The minimum atomic E-state index is -3.70. The van der Waals surface area contributed by atoms with Gasteiger partial charge in [0.1, 0.15) is 0 Å². The monoisotopic (exact) mass is 479 g/mol. The Morgan fingerprint density at radius 1 is 1.14 bits per heavy atom. The third kappa shape index (κ3) is 4.68. The number of piperidine rings is 1. The van der Waals surface area contributed by atoms with E-state index in [2.05, 4.69) is 21.2 Å². The zero-order valence-electron chi connectivity index (χ0n) is 16.2. The number of nitrogens with one attached hydrogen (secondary N) is 1. The number of carbonyl (C=O) groups is 2. The van der Waals surface area contributed by atoms with E-state index in [1.807, 2.05) is 6.07 Å². The highest BCUT2D eigenvalue weighted by atomic mass is 79.9. The molecule has 1 N–H and O–H groups in total. The second kappa shape index (κ2) is 8.64. The molecule has 2 amide bonds. The molecule has 0 radical (unpaired) electrons. The van der Waals surface area contributed by atoms with Gasteiger partial charge in [-0.05, 0) is 65.2 Å². The SMILES string of the molecule is CN(C)S(=O)(=O)c1cc(C(=O)Nc2cccc(N3CCCCC3=O)c2)ccc1Br. The van der Waals surface area contributed by atoms with Crippen molar-refractivity contribution in [2.45, 2.75) is 24.2 Å². The molecular formula is C20H22BrN3O4S. The van der Waals surface area contributed by atoms with Crippen molar-refractivity contribution in [3.63, 3.8) is 0 Å². The summed E-state index contributed by atoms with van der Waals surface area (Å²) in [5.41, 5.74) is 1.48. The van der Waals surface area contributed by atoms with E-state index in [-0.39, 0.29) is 16.4 Å². The maximum Gasteiger partial charge on any atom is 0.255 e. The molecule has 1 aliphatic heterocycles.